The number of nitrogens with one attached hydrogen (secondary N) is 2. The zero-order valence-electron chi connectivity index (χ0n) is 12.8. The van der Waals surface area contributed by atoms with Gasteiger partial charge in [0, 0.05) is 38.5 Å². The Morgan fingerprint density at radius 3 is 1.86 bits per heavy atom. The van der Waals surface area contributed by atoms with Crippen LogP contribution in [0, 0.1) is 0 Å². The zero-order chi connectivity index (χ0) is 15.3. The van der Waals surface area contributed by atoms with Crippen LogP contribution in [0.25, 0.3) is 0 Å². The number of rotatable bonds is 5. The van der Waals surface area contributed by atoms with Gasteiger partial charge in [0.2, 0.25) is 0 Å². The molecule has 3 heteroatoms. The summed E-state index contributed by atoms with van der Waals surface area (Å²) < 4.78 is 0. The van der Waals surface area contributed by atoms with Crippen LogP contribution in [0.15, 0.2) is 60.7 Å². The summed E-state index contributed by atoms with van der Waals surface area (Å²) in [5, 5.41) is 18.3. The summed E-state index contributed by atoms with van der Waals surface area (Å²) in [6.07, 6.45) is 1.31. The Kier molecular flexibility index (Phi) is 4.88. The van der Waals surface area contributed by atoms with E-state index in [2.05, 4.69) is 34.9 Å². The fraction of sp³-hybridized carbons (Fsp3) is 0.368. The highest BCUT2D eigenvalue weighted by Gasteiger charge is 2.37. The summed E-state index contributed by atoms with van der Waals surface area (Å²) in [5.74, 6) is 0. The lowest BCUT2D eigenvalue weighted by atomic mass is 9.81. The Balaban J connectivity index is 1.83. The van der Waals surface area contributed by atoms with Gasteiger partial charge in [0.25, 0.3) is 0 Å². The number of aliphatic hydroxyl groups is 1. The third-order valence-corrected chi connectivity index (χ3v) is 4.40. The minimum absolute atomic E-state index is 0.0571. The third-order valence-electron chi connectivity index (χ3n) is 4.40. The van der Waals surface area contributed by atoms with E-state index in [0.717, 1.165) is 19.6 Å². The third kappa shape index (κ3) is 3.74. The summed E-state index contributed by atoms with van der Waals surface area (Å²) >= 11 is 0. The average Bonchev–Trinajstić information content (AvgIpc) is 2.57. The van der Waals surface area contributed by atoms with Gasteiger partial charge < -0.3 is 15.7 Å². The van der Waals surface area contributed by atoms with Crippen molar-refractivity contribution in [1.29, 1.82) is 0 Å². The van der Waals surface area contributed by atoms with Gasteiger partial charge in [-0.3, -0.25) is 0 Å². The van der Waals surface area contributed by atoms with Gasteiger partial charge >= 0.3 is 0 Å². The van der Waals surface area contributed by atoms with E-state index in [-0.39, 0.29) is 6.04 Å². The van der Waals surface area contributed by atoms with Crippen LogP contribution in [0.2, 0.25) is 0 Å². The fourth-order valence-corrected chi connectivity index (χ4v) is 3.24. The molecule has 1 fully saturated rings. The standard InChI is InChI=1S/C19H24N2O/c22-19(18-15-20-11-12-21-18,13-16-7-3-1-4-8-16)14-17-9-5-2-6-10-17/h1-10,18,20-22H,11-15H2. The molecule has 0 spiro atoms. The van der Waals surface area contributed by atoms with Gasteiger partial charge in [0.15, 0.2) is 0 Å². The van der Waals surface area contributed by atoms with Crippen LogP contribution in [0.3, 0.4) is 0 Å². The maximum Gasteiger partial charge on any atom is 0.0892 e. The molecule has 0 aliphatic carbocycles. The second kappa shape index (κ2) is 7.05. The lowest BCUT2D eigenvalue weighted by molar-refractivity contribution is -0.00231. The van der Waals surface area contributed by atoms with Crippen molar-refractivity contribution in [1.82, 2.24) is 10.6 Å². The molecule has 1 aliphatic heterocycles. The lowest BCUT2D eigenvalue weighted by Gasteiger charge is -2.40. The van der Waals surface area contributed by atoms with Crippen molar-refractivity contribution in [2.75, 3.05) is 19.6 Å². The van der Waals surface area contributed by atoms with E-state index in [0.29, 0.717) is 12.8 Å². The summed E-state index contributed by atoms with van der Waals surface area (Å²) in [4.78, 5) is 0. The molecule has 3 N–H and O–H groups in total. The topological polar surface area (TPSA) is 44.3 Å². The molecular weight excluding hydrogens is 272 g/mol. The van der Waals surface area contributed by atoms with E-state index in [1.54, 1.807) is 0 Å². The second-order valence-electron chi connectivity index (χ2n) is 6.14. The summed E-state index contributed by atoms with van der Waals surface area (Å²) in [6.45, 7) is 2.66. The maximum atomic E-state index is 11.4. The first-order valence-electron chi connectivity index (χ1n) is 8.01. The smallest absolute Gasteiger partial charge is 0.0892 e. The molecule has 1 heterocycles. The molecule has 3 nitrogen and oxygen atoms in total. The molecule has 0 radical (unpaired) electrons. The Labute approximate surface area is 132 Å². The van der Waals surface area contributed by atoms with Crippen LogP contribution in [-0.4, -0.2) is 36.4 Å². The van der Waals surface area contributed by atoms with Crippen LogP contribution in [0.4, 0.5) is 0 Å². The van der Waals surface area contributed by atoms with Gasteiger partial charge in [-0.2, -0.15) is 0 Å². The predicted octanol–water partition coefficient (Wildman–Crippen LogP) is 1.76. The van der Waals surface area contributed by atoms with Crippen molar-refractivity contribution < 1.29 is 5.11 Å². The van der Waals surface area contributed by atoms with Crippen molar-refractivity contribution in [2.45, 2.75) is 24.5 Å². The van der Waals surface area contributed by atoms with E-state index in [1.807, 2.05) is 36.4 Å². The highest BCUT2D eigenvalue weighted by atomic mass is 16.3. The molecule has 2 aromatic carbocycles. The van der Waals surface area contributed by atoms with E-state index in [4.69, 9.17) is 0 Å². The first-order valence-corrected chi connectivity index (χ1v) is 8.01. The second-order valence-corrected chi connectivity index (χ2v) is 6.14. The summed E-state index contributed by atoms with van der Waals surface area (Å²) in [6, 6.07) is 20.6. The van der Waals surface area contributed by atoms with Crippen molar-refractivity contribution in [3.8, 4) is 0 Å². The maximum absolute atomic E-state index is 11.4. The fourth-order valence-electron chi connectivity index (χ4n) is 3.24. The van der Waals surface area contributed by atoms with Crippen LogP contribution in [0.5, 0.6) is 0 Å². The van der Waals surface area contributed by atoms with Crippen LogP contribution in [0.1, 0.15) is 11.1 Å². The highest BCUT2D eigenvalue weighted by Crippen LogP contribution is 2.23. The molecule has 116 valence electrons. The molecule has 0 aromatic heterocycles. The lowest BCUT2D eigenvalue weighted by Crippen LogP contribution is -2.62. The molecule has 2 aromatic rings. The molecule has 1 aliphatic rings. The molecule has 0 saturated carbocycles. The Bertz CT molecular complexity index is 523. The molecule has 1 unspecified atom stereocenters. The van der Waals surface area contributed by atoms with Gasteiger partial charge in [0.1, 0.15) is 0 Å². The van der Waals surface area contributed by atoms with Gasteiger partial charge in [0.05, 0.1) is 5.60 Å². The quantitative estimate of drug-likeness (QED) is 0.788. The number of benzene rings is 2. The van der Waals surface area contributed by atoms with Gasteiger partial charge in [-0.1, -0.05) is 60.7 Å². The molecule has 0 bridgehead atoms. The minimum atomic E-state index is -0.796. The molecular formula is C19H24N2O. The minimum Gasteiger partial charge on any atom is -0.388 e. The molecule has 22 heavy (non-hydrogen) atoms. The number of hydrogen-bond acceptors (Lipinski definition) is 3. The van der Waals surface area contributed by atoms with Gasteiger partial charge in [-0.25, -0.2) is 0 Å². The van der Waals surface area contributed by atoms with Crippen LogP contribution >= 0.6 is 0 Å². The monoisotopic (exact) mass is 296 g/mol. The largest absolute Gasteiger partial charge is 0.388 e. The Morgan fingerprint density at radius 2 is 1.41 bits per heavy atom. The normalized spacial score (nSPS) is 19.0. The van der Waals surface area contributed by atoms with E-state index < -0.39 is 5.60 Å². The highest BCUT2D eigenvalue weighted by molar-refractivity contribution is 5.23. The zero-order valence-corrected chi connectivity index (χ0v) is 12.8. The molecule has 1 atom stereocenters. The van der Waals surface area contributed by atoms with E-state index in [9.17, 15) is 5.11 Å². The van der Waals surface area contributed by atoms with Crippen molar-refractivity contribution in [3.05, 3.63) is 71.8 Å². The Hall–Kier alpha value is -1.68. The molecule has 0 amide bonds. The number of hydrogen-bond donors (Lipinski definition) is 3. The van der Waals surface area contributed by atoms with Crippen LogP contribution in [-0.2, 0) is 12.8 Å². The van der Waals surface area contributed by atoms with E-state index >= 15 is 0 Å². The summed E-state index contributed by atoms with van der Waals surface area (Å²) in [7, 11) is 0. The molecule has 3 rings (SSSR count). The van der Waals surface area contributed by atoms with Crippen LogP contribution < -0.4 is 10.6 Å². The van der Waals surface area contributed by atoms with Gasteiger partial charge in [-0.05, 0) is 11.1 Å². The van der Waals surface area contributed by atoms with Crippen molar-refractivity contribution in [2.24, 2.45) is 0 Å². The van der Waals surface area contributed by atoms with Crippen molar-refractivity contribution in [3.63, 3.8) is 0 Å². The average molecular weight is 296 g/mol. The Morgan fingerprint density at radius 1 is 0.864 bits per heavy atom. The van der Waals surface area contributed by atoms with Crippen molar-refractivity contribution >= 4 is 0 Å². The van der Waals surface area contributed by atoms with E-state index in [1.165, 1.54) is 11.1 Å². The first-order chi connectivity index (χ1) is 10.8. The summed E-state index contributed by atoms with van der Waals surface area (Å²) in [5.41, 5.74) is 1.55. The SMILES string of the molecule is OC(Cc1ccccc1)(Cc1ccccc1)C1CNCCN1. The molecule has 1 saturated heterocycles. The van der Waals surface area contributed by atoms with Gasteiger partial charge in [-0.15, -0.1) is 0 Å². The first kappa shape index (κ1) is 15.2. The number of piperazine rings is 1. The predicted molar refractivity (Wildman–Crippen MR) is 89.9 cm³/mol.